The first-order valence-corrected chi connectivity index (χ1v) is 9.03. The van der Waals surface area contributed by atoms with E-state index in [1.807, 2.05) is 66.7 Å². The Kier molecular flexibility index (Phi) is 4.77. The average Bonchev–Trinajstić information content (AvgIpc) is 3.02. The van der Waals surface area contributed by atoms with Crippen molar-refractivity contribution in [3.63, 3.8) is 0 Å². The first-order valence-electron chi connectivity index (χ1n) is 9.03. The first kappa shape index (κ1) is 17.7. The minimum Gasteiger partial charge on any atom is -0.297 e. The lowest BCUT2D eigenvalue weighted by atomic mass is 9.80. The number of Topliss-reactive ketones (excluding diaryl/α,β-unsaturated/α-hetero) is 2. The van der Waals surface area contributed by atoms with Gasteiger partial charge in [0.2, 0.25) is 0 Å². The van der Waals surface area contributed by atoms with Crippen molar-refractivity contribution in [1.82, 2.24) is 0 Å². The van der Waals surface area contributed by atoms with E-state index in [1.165, 1.54) is 0 Å². The Morgan fingerprint density at radius 1 is 0.786 bits per heavy atom. The van der Waals surface area contributed by atoms with Crippen molar-refractivity contribution >= 4 is 24.0 Å². The maximum atomic E-state index is 13.7. The van der Waals surface area contributed by atoms with Crippen LogP contribution < -0.4 is 0 Å². The van der Waals surface area contributed by atoms with Gasteiger partial charge in [-0.2, -0.15) is 10.2 Å². The third kappa shape index (κ3) is 2.99. The van der Waals surface area contributed by atoms with Gasteiger partial charge in [-0.05, 0) is 11.1 Å². The molecule has 0 saturated carbocycles. The standard InChI is InChI=1S/C24H18N2O2/c1-25-26-22-18-14-8-9-15-19(18)23(27)21(22)24(28)20(16-10-4-2-5-11-16)17-12-6-3-7-13-17/h2-15,20-21H,1H2/b26-22+/t21-/m1/s1. The van der Waals surface area contributed by atoms with Gasteiger partial charge in [0.15, 0.2) is 11.6 Å². The highest BCUT2D eigenvalue weighted by atomic mass is 16.2. The summed E-state index contributed by atoms with van der Waals surface area (Å²) in [5.41, 5.74) is 3.21. The third-order valence-corrected chi connectivity index (χ3v) is 5.02. The van der Waals surface area contributed by atoms with Crippen LogP contribution in [0.4, 0.5) is 0 Å². The Morgan fingerprint density at radius 2 is 1.29 bits per heavy atom. The summed E-state index contributed by atoms with van der Waals surface area (Å²) >= 11 is 0. The van der Waals surface area contributed by atoms with Crippen LogP contribution in [0.15, 0.2) is 95.1 Å². The zero-order valence-electron chi connectivity index (χ0n) is 15.2. The summed E-state index contributed by atoms with van der Waals surface area (Å²) < 4.78 is 0. The van der Waals surface area contributed by atoms with Crippen molar-refractivity contribution < 1.29 is 9.59 Å². The summed E-state index contributed by atoms with van der Waals surface area (Å²) in [4.78, 5) is 26.9. The minimum absolute atomic E-state index is 0.207. The van der Waals surface area contributed by atoms with Crippen LogP contribution in [-0.4, -0.2) is 24.0 Å². The van der Waals surface area contributed by atoms with Gasteiger partial charge >= 0.3 is 0 Å². The second kappa shape index (κ2) is 7.53. The zero-order valence-corrected chi connectivity index (χ0v) is 15.2. The van der Waals surface area contributed by atoms with E-state index in [9.17, 15) is 9.59 Å². The highest BCUT2D eigenvalue weighted by molar-refractivity contribution is 6.38. The molecular weight excluding hydrogens is 348 g/mol. The molecular formula is C24H18N2O2. The molecule has 1 atom stereocenters. The summed E-state index contributed by atoms with van der Waals surface area (Å²) in [5.74, 6) is -2.00. The summed E-state index contributed by atoms with van der Waals surface area (Å²) in [6.07, 6.45) is 0. The van der Waals surface area contributed by atoms with Crippen molar-refractivity contribution in [3.05, 3.63) is 107 Å². The fraction of sp³-hybridized carbons (Fsp3) is 0.0833. The molecule has 136 valence electrons. The second-order valence-corrected chi connectivity index (χ2v) is 6.63. The molecule has 0 saturated heterocycles. The molecule has 4 nitrogen and oxygen atoms in total. The van der Waals surface area contributed by atoms with Crippen LogP contribution in [-0.2, 0) is 4.79 Å². The Labute approximate surface area is 163 Å². The predicted molar refractivity (Wildman–Crippen MR) is 110 cm³/mol. The largest absolute Gasteiger partial charge is 0.297 e. The van der Waals surface area contributed by atoms with E-state index in [-0.39, 0.29) is 11.6 Å². The molecule has 3 aromatic rings. The quantitative estimate of drug-likeness (QED) is 0.384. The van der Waals surface area contributed by atoms with Gasteiger partial charge in [0.25, 0.3) is 0 Å². The molecule has 4 heteroatoms. The summed E-state index contributed by atoms with van der Waals surface area (Å²) in [6.45, 7) is 3.42. The number of ketones is 2. The van der Waals surface area contributed by atoms with Crippen LogP contribution in [0, 0.1) is 5.92 Å². The zero-order chi connectivity index (χ0) is 19.5. The minimum atomic E-state index is -0.992. The molecule has 1 aliphatic rings. The van der Waals surface area contributed by atoms with Gasteiger partial charge in [0, 0.05) is 17.8 Å². The number of fused-ring (bicyclic) bond motifs is 1. The Balaban J connectivity index is 1.85. The Morgan fingerprint density at radius 3 is 1.82 bits per heavy atom. The van der Waals surface area contributed by atoms with E-state index in [0.29, 0.717) is 16.8 Å². The van der Waals surface area contributed by atoms with E-state index in [0.717, 1.165) is 11.1 Å². The average molecular weight is 366 g/mol. The Bertz CT molecular complexity index is 1030. The van der Waals surface area contributed by atoms with E-state index in [2.05, 4.69) is 16.9 Å². The smallest absolute Gasteiger partial charge is 0.180 e. The van der Waals surface area contributed by atoms with Crippen molar-refractivity contribution in [1.29, 1.82) is 0 Å². The van der Waals surface area contributed by atoms with E-state index in [1.54, 1.807) is 18.2 Å². The van der Waals surface area contributed by atoms with Gasteiger partial charge < -0.3 is 0 Å². The normalized spacial score (nSPS) is 17.0. The molecule has 28 heavy (non-hydrogen) atoms. The number of hydrogen-bond donors (Lipinski definition) is 0. The maximum absolute atomic E-state index is 13.7. The lowest BCUT2D eigenvalue weighted by Gasteiger charge is -2.20. The molecule has 0 fully saturated rings. The fourth-order valence-electron chi connectivity index (χ4n) is 3.79. The monoisotopic (exact) mass is 366 g/mol. The van der Waals surface area contributed by atoms with Gasteiger partial charge in [-0.3, -0.25) is 9.59 Å². The fourth-order valence-corrected chi connectivity index (χ4v) is 3.79. The molecule has 1 aliphatic carbocycles. The predicted octanol–water partition coefficient (Wildman–Crippen LogP) is 4.31. The lowest BCUT2D eigenvalue weighted by molar-refractivity contribution is -0.120. The molecule has 0 amide bonds. The summed E-state index contributed by atoms with van der Waals surface area (Å²) in [5, 5.41) is 7.70. The van der Waals surface area contributed by atoms with Crippen LogP contribution in [0.3, 0.4) is 0 Å². The van der Waals surface area contributed by atoms with Crippen LogP contribution in [0.5, 0.6) is 0 Å². The summed E-state index contributed by atoms with van der Waals surface area (Å²) in [6, 6.07) is 26.1. The van der Waals surface area contributed by atoms with Crippen LogP contribution in [0.1, 0.15) is 33.0 Å². The molecule has 0 spiro atoms. The van der Waals surface area contributed by atoms with Gasteiger partial charge in [0.1, 0.15) is 5.92 Å². The van der Waals surface area contributed by atoms with Crippen LogP contribution in [0.2, 0.25) is 0 Å². The molecule has 4 rings (SSSR count). The highest BCUT2D eigenvalue weighted by Gasteiger charge is 2.44. The van der Waals surface area contributed by atoms with Gasteiger partial charge in [-0.15, -0.1) is 0 Å². The van der Waals surface area contributed by atoms with E-state index in [4.69, 9.17) is 0 Å². The number of carbonyl (C=O) groups excluding carboxylic acids is 2. The number of benzene rings is 3. The van der Waals surface area contributed by atoms with Gasteiger partial charge in [-0.25, -0.2) is 0 Å². The first-order chi connectivity index (χ1) is 13.7. The summed E-state index contributed by atoms with van der Waals surface area (Å²) in [7, 11) is 0. The van der Waals surface area contributed by atoms with Gasteiger partial charge in [0.05, 0.1) is 11.6 Å². The third-order valence-electron chi connectivity index (χ3n) is 5.02. The molecule has 3 aromatic carbocycles. The number of hydrogen-bond acceptors (Lipinski definition) is 4. The topological polar surface area (TPSA) is 58.9 Å². The number of rotatable bonds is 5. The van der Waals surface area contributed by atoms with Crippen LogP contribution in [0.25, 0.3) is 0 Å². The maximum Gasteiger partial charge on any atom is 0.180 e. The molecule has 0 aliphatic heterocycles. The molecule has 0 radical (unpaired) electrons. The van der Waals surface area contributed by atoms with Crippen LogP contribution >= 0.6 is 0 Å². The van der Waals surface area contributed by atoms with E-state index >= 15 is 0 Å². The molecule has 0 bridgehead atoms. The molecule has 0 heterocycles. The highest BCUT2D eigenvalue weighted by Crippen LogP contribution is 2.35. The van der Waals surface area contributed by atoms with Crippen molar-refractivity contribution in [2.45, 2.75) is 5.92 Å². The van der Waals surface area contributed by atoms with Gasteiger partial charge in [-0.1, -0.05) is 84.9 Å². The van der Waals surface area contributed by atoms with Crippen molar-refractivity contribution in [2.75, 3.05) is 0 Å². The SMILES string of the molecule is C=N/N=C1\c2ccccc2C(=O)[C@@H]1C(=O)C(c1ccccc1)c1ccccc1. The Hall–Kier alpha value is -3.66. The number of nitrogens with zero attached hydrogens (tertiary/aromatic N) is 2. The number of carbonyl (C=O) groups is 2. The van der Waals surface area contributed by atoms with Crippen molar-refractivity contribution in [2.24, 2.45) is 16.1 Å². The molecule has 0 aromatic heterocycles. The molecule has 0 unspecified atom stereocenters. The molecule has 0 N–H and O–H groups in total. The van der Waals surface area contributed by atoms with E-state index < -0.39 is 11.8 Å². The second-order valence-electron chi connectivity index (χ2n) is 6.63. The van der Waals surface area contributed by atoms with Crippen molar-refractivity contribution in [3.8, 4) is 0 Å². The lowest BCUT2D eigenvalue weighted by Crippen LogP contribution is -2.31.